The van der Waals surface area contributed by atoms with E-state index < -0.39 is 5.97 Å². The first-order valence-electron chi connectivity index (χ1n) is 8.30. The standard InChI is InChI=1S/C21H16ClFO3S/c22-16-8-5-14(6-9-16)20-19(21(25)26)15(12-27-20)11-17(24)10-7-13-3-1-2-4-18(13)23/h1-6,8-9,12H,7,10-11H2,(H,25,26). The van der Waals surface area contributed by atoms with E-state index in [2.05, 4.69) is 0 Å². The molecule has 138 valence electrons. The van der Waals surface area contributed by atoms with E-state index in [1.54, 1.807) is 47.8 Å². The Morgan fingerprint density at radius 3 is 2.41 bits per heavy atom. The molecule has 0 aliphatic carbocycles. The van der Waals surface area contributed by atoms with Gasteiger partial charge in [-0.1, -0.05) is 41.9 Å². The first kappa shape index (κ1) is 19.3. The van der Waals surface area contributed by atoms with E-state index >= 15 is 0 Å². The molecule has 0 aliphatic heterocycles. The average molecular weight is 403 g/mol. The van der Waals surface area contributed by atoms with Crippen molar-refractivity contribution in [3.63, 3.8) is 0 Å². The molecule has 1 aromatic heterocycles. The second kappa shape index (κ2) is 8.46. The third-order valence-corrected chi connectivity index (χ3v) is 5.54. The highest BCUT2D eigenvalue weighted by molar-refractivity contribution is 7.14. The smallest absolute Gasteiger partial charge is 0.337 e. The second-order valence-electron chi connectivity index (χ2n) is 6.08. The van der Waals surface area contributed by atoms with E-state index in [0.29, 0.717) is 27.4 Å². The van der Waals surface area contributed by atoms with Gasteiger partial charge in [-0.3, -0.25) is 4.79 Å². The number of carbonyl (C=O) groups excluding carboxylic acids is 1. The van der Waals surface area contributed by atoms with E-state index in [-0.39, 0.29) is 30.0 Å². The Bertz CT molecular complexity index is 979. The van der Waals surface area contributed by atoms with Gasteiger partial charge in [-0.05, 0) is 46.7 Å². The number of aromatic carboxylic acids is 1. The van der Waals surface area contributed by atoms with Gasteiger partial charge in [-0.15, -0.1) is 11.3 Å². The summed E-state index contributed by atoms with van der Waals surface area (Å²) in [4.78, 5) is 24.7. The van der Waals surface area contributed by atoms with Crippen LogP contribution in [0.25, 0.3) is 10.4 Å². The highest BCUT2D eigenvalue weighted by Crippen LogP contribution is 2.34. The third kappa shape index (κ3) is 4.62. The first-order chi connectivity index (χ1) is 13.0. The lowest BCUT2D eigenvalue weighted by molar-refractivity contribution is -0.118. The van der Waals surface area contributed by atoms with Gasteiger partial charge in [0.15, 0.2) is 0 Å². The van der Waals surface area contributed by atoms with E-state index in [4.69, 9.17) is 11.6 Å². The lowest BCUT2D eigenvalue weighted by Crippen LogP contribution is -2.08. The van der Waals surface area contributed by atoms with Crippen molar-refractivity contribution in [2.24, 2.45) is 0 Å². The van der Waals surface area contributed by atoms with Crippen molar-refractivity contribution in [2.45, 2.75) is 19.3 Å². The minimum absolute atomic E-state index is 0.0141. The SMILES string of the molecule is O=C(CCc1ccccc1F)Cc1csc(-c2ccc(Cl)cc2)c1C(=O)O. The normalized spacial score (nSPS) is 10.7. The highest BCUT2D eigenvalue weighted by Gasteiger charge is 2.21. The molecule has 0 bridgehead atoms. The van der Waals surface area contributed by atoms with Crippen LogP contribution in [0, 0.1) is 5.82 Å². The van der Waals surface area contributed by atoms with Crippen LogP contribution in [-0.2, 0) is 17.6 Å². The molecule has 0 saturated heterocycles. The van der Waals surface area contributed by atoms with Gasteiger partial charge in [0.2, 0.25) is 0 Å². The second-order valence-corrected chi connectivity index (χ2v) is 7.40. The van der Waals surface area contributed by atoms with Crippen molar-refractivity contribution >= 4 is 34.7 Å². The van der Waals surface area contributed by atoms with Crippen molar-refractivity contribution < 1.29 is 19.1 Å². The molecular weight excluding hydrogens is 387 g/mol. The van der Waals surface area contributed by atoms with Crippen molar-refractivity contribution in [3.05, 3.63) is 81.4 Å². The van der Waals surface area contributed by atoms with Gasteiger partial charge in [0.05, 0.1) is 5.56 Å². The van der Waals surface area contributed by atoms with E-state index in [1.807, 2.05) is 0 Å². The molecular formula is C21H16ClFO3S. The zero-order chi connectivity index (χ0) is 19.4. The number of hydrogen-bond donors (Lipinski definition) is 1. The van der Waals surface area contributed by atoms with Gasteiger partial charge in [0, 0.05) is 22.7 Å². The Labute approximate surface area is 165 Å². The maximum absolute atomic E-state index is 13.7. The van der Waals surface area contributed by atoms with Crippen LogP contribution in [-0.4, -0.2) is 16.9 Å². The van der Waals surface area contributed by atoms with Gasteiger partial charge < -0.3 is 5.11 Å². The largest absolute Gasteiger partial charge is 0.478 e. The minimum atomic E-state index is -1.07. The summed E-state index contributed by atoms with van der Waals surface area (Å²) in [6, 6.07) is 13.2. The minimum Gasteiger partial charge on any atom is -0.478 e. The fourth-order valence-corrected chi connectivity index (χ4v) is 4.04. The molecule has 0 unspecified atom stereocenters. The summed E-state index contributed by atoms with van der Waals surface area (Å²) in [5.41, 5.74) is 1.85. The molecule has 6 heteroatoms. The number of carbonyl (C=O) groups is 2. The van der Waals surface area contributed by atoms with Crippen LogP contribution in [0.4, 0.5) is 4.39 Å². The van der Waals surface area contributed by atoms with Crippen LogP contribution in [0.15, 0.2) is 53.9 Å². The summed E-state index contributed by atoms with van der Waals surface area (Å²) >= 11 is 7.17. The molecule has 27 heavy (non-hydrogen) atoms. The quantitative estimate of drug-likeness (QED) is 0.555. The van der Waals surface area contributed by atoms with Gasteiger partial charge in [0.25, 0.3) is 0 Å². The monoisotopic (exact) mass is 402 g/mol. The molecule has 1 heterocycles. The number of benzene rings is 2. The predicted molar refractivity (Wildman–Crippen MR) is 105 cm³/mol. The van der Waals surface area contributed by atoms with Crippen molar-refractivity contribution in [2.75, 3.05) is 0 Å². The van der Waals surface area contributed by atoms with Gasteiger partial charge in [0.1, 0.15) is 11.6 Å². The predicted octanol–water partition coefficient (Wildman–Crippen LogP) is 5.65. The molecule has 1 N–H and O–H groups in total. The van der Waals surface area contributed by atoms with Gasteiger partial charge >= 0.3 is 5.97 Å². The van der Waals surface area contributed by atoms with E-state index in [0.717, 1.165) is 5.56 Å². The Morgan fingerprint density at radius 2 is 1.74 bits per heavy atom. The number of Topliss-reactive ketones (excluding diaryl/α,β-unsaturated/α-hetero) is 1. The summed E-state index contributed by atoms with van der Waals surface area (Å²) in [7, 11) is 0. The molecule has 3 rings (SSSR count). The van der Waals surface area contributed by atoms with Crippen LogP contribution in [0.3, 0.4) is 0 Å². The molecule has 0 aliphatic rings. The molecule has 3 nitrogen and oxygen atoms in total. The van der Waals surface area contributed by atoms with Crippen molar-refractivity contribution in [3.8, 4) is 10.4 Å². The average Bonchev–Trinajstić information content (AvgIpc) is 3.05. The number of halogens is 2. The van der Waals surface area contributed by atoms with E-state index in [9.17, 15) is 19.1 Å². The molecule has 2 aromatic carbocycles. The van der Waals surface area contributed by atoms with Crippen LogP contribution in [0.5, 0.6) is 0 Å². The molecule has 0 saturated carbocycles. The summed E-state index contributed by atoms with van der Waals surface area (Å²) in [6.45, 7) is 0. The number of aryl methyl sites for hydroxylation is 1. The fraction of sp³-hybridized carbons (Fsp3) is 0.143. The van der Waals surface area contributed by atoms with Crippen molar-refractivity contribution in [1.29, 1.82) is 0 Å². The lowest BCUT2D eigenvalue weighted by Gasteiger charge is -2.05. The Hall–Kier alpha value is -2.50. The zero-order valence-electron chi connectivity index (χ0n) is 14.2. The Kier molecular flexibility index (Phi) is 6.04. The fourth-order valence-electron chi connectivity index (χ4n) is 2.85. The van der Waals surface area contributed by atoms with Crippen molar-refractivity contribution in [1.82, 2.24) is 0 Å². The number of carboxylic acid groups (broad SMARTS) is 1. The highest BCUT2D eigenvalue weighted by atomic mass is 35.5. The maximum atomic E-state index is 13.7. The molecule has 3 aromatic rings. The van der Waals surface area contributed by atoms with Crippen LogP contribution >= 0.6 is 22.9 Å². The number of hydrogen-bond acceptors (Lipinski definition) is 3. The summed E-state index contributed by atoms with van der Waals surface area (Å²) in [6.07, 6.45) is 0.467. The topological polar surface area (TPSA) is 54.4 Å². The van der Waals surface area contributed by atoms with Gasteiger partial charge in [-0.2, -0.15) is 0 Å². The Balaban J connectivity index is 1.76. The number of thiophene rings is 1. The lowest BCUT2D eigenvalue weighted by atomic mass is 9.99. The first-order valence-corrected chi connectivity index (χ1v) is 9.56. The zero-order valence-corrected chi connectivity index (χ0v) is 15.8. The maximum Gasteiger partial charge on any atom is 0.337 e. The molecule has 0 radical (unpaired) electrons. The summed E-state index contributed by atoms with van der Waals surface area (Å²) < 4.78 is 13.7. The molecule has 0 amide bonds. The van der Waals surface area contributed by atoms with Crippen LogP contribution < -0.4 is 0 Å². The van der Waals surface area contributed by atoms with E-state index in [1.165, 1.54) is 17.4 Å². The third-order valence-electron chi connectivity index (χ3n) is 4.21. The number of carboxylic acids is 1. The molecule has 0 fully saturated rings. The number of ketones is 1. The van der Waals surface area contributed by atoms with Crippen LogP contribution in [0.1, 0.15) is 27.9 Å². The summed E-state index contributed by atoms with van der Waals surface area (Å²) in [5.74, 6) is -1.53. The molecule has 0 atom stereocenters. The Morgan fingerprint density at radius 1 is 1.04 bits per heavy atom. The summed E-state index contributed by atoms with van der Waals surface area (Å²) in [5, 5.41) is 11.9. The number of rotatable bonds is 7. The van der Waals surface area contributed by atoms with Gasteiger partial charge in [-0.25, -0.2) is 9.18 Å². The molecule has 0 spiro atoms. The van der Waals surface area contributed by atoms with Crippen LogP contribution in [0.2, 0.25) is 5.02 Å².